The largest absolute Gasteiger partial charge is 0.384 e. The normalized spacial score (nSPS) is 12.9. The van der Waals surface area contributed by atoms with Crippen LogP contribution < -0.4 is 11.1 Å². The van der Waals surface area contributed by atoms with E-state index in [1.165, 1.54) is 0 Å². The lowest BCUT2D eigenvalue weighted by molar-refractivity contribution is 0.1000. The van der Waals surface area contributed by atoms with Crippen LogP contribution >= 0.6 is 11.6 Å². The number of halogens is 1. The van der Waals surface area contributed by atoms with Crippen molar-refractivity contribution in [2.24, 2.45) is 5.73 Å². The molecule has 3 rings (SSSR count). The number of fused-ring (bicyclic) bond motifs is 1. The van der Waals surface area contributed by atoms with Crippen LogP contribution in [0.5, 0.6) is 0 Å². The Morgan fingerprint density at radius 3 is 2.74 bits per heavy atom. The third-order valence-electron chi connectivity index (χ3n) is 3.17. The second-order valence-electron chi connectivity index (χ2n) is 4.28. The van der Waals surface area contributed by atoms with E-state index in [1.54, 1.807) is 17.0 Å². The SMILES string of the molecule is NC(=O)c1c(-c2ccccc2)c(Cl)n2c1CNC=C2. The van der Waals surface area contributed by atoms with E-state index in [9.17, 15) is 4.79 Å². The van der Waals surface area contributed by atoms with Gasteiger partial charge in [0.05, 0.1) is 17.8 Å². The van der Waals surface area contributed by atoms with Gasteiger partial charge in [-0.2, -0.15) is 0 Å². The lowest BCUT2D eigenvalue weighted by Gasteiger charge is -2.11. The number of aromatic nitrogens is 1. The van der Waals surface area contributed by atoms with Crippen LogP contribution in [0, 0.1) is 0 Å². The summed E-state index contributed by atoms with van der Waals surface area (Å²) in [5.74, 6) is -0.466. The maximum Gasteiger partial charge on any atom is 0.251 e. The summed E-state index contributed by atoms with van der Waals surface area (Å²) in [6.07, 6.45) is 3.58. The molecule has 1 aromatic heterocycles. The molecular formula is C14H12ClN3O. The van der Waals surface area contributed by atoms with Crippen molar-refractivity contribution in [3.05, 3.63) is 52.9 Å². The van der Waals surface area contributed by atoms with Crippen molar-refractivity contribution >= 4 is 23.7 Å². The quantitative estimate of drug-likeness (QED) is 0.883. The molecule has 1 aliphatic heterocycles. The number of carbonyl (C=O) groups excluding carboxylic acids is 1. The van der Waals surface area contributed by atoms with E-state index in [1.807, 2.05) is 30.3 Å². The summed E-state index contributed by atoms with van der Waals surface area (Å²) in [6, 6.07) is 9.55. The number of carbonyl (C=O) groups is 1. The number of hydrogen-bond acceptors (Lipinski definition) is 2. The highest BCUT2D eigenvalue weighted by Crippen LogP contribution is 2.37. The van der Waals surface area contributed by atoms with Crippen LogP contribution in [0.2, 0.25) is 5.15 Å². The highest BCUT2D eigenvalue weighted by atomic mass is 35.5. The highest BCUT2D eigenvalue weighted by Gasteiger charge is 2.25. The molecular weight excluding hydrogens is 262 g/mol. The first-order chi connectivity index (χ1) is 9.20. The minimum atomic E-state index is -0.466. The zero-order valence-corrected chi connectivity index (χ0v) is 10.8. The van der Waals surface area contributed by atoms with Crippen molar-refractivity contribution in [3.63, 3.8) is 0 Å². The van der Waals surface area contributed by atoms with E-state index in [4.69, 9.17) is 17.3 Å². The van der Waals surface area contributed by atoms with Gasteiger partial charge in [0.25, 0.3) is 5.91 Å². The third-order valence-corrected chi connectivity index (χ3v) is 3.54. The molecule has 2 aromatic rings. The summed E-state index contributed by atoms with van der Waals surface area (Å²) in [6.45, 7) is 0.529. The monoisotopic (exact) mass is 273 g/mol. The van der Waals surface area contributed by atoms with Crippen LogP contribution in [0.4, 0.5) is 0 Å². The van der Waals surface area contributed by atoms with Gasteiger partial charge >= 0.3 is 0 Å². The van der Waals surface area contributed by atoms with Gasteiger partial charge in [0, 0.05) is 18.0 Å². The molecule has 1 aliphatic rings. The average molecular weight is 274 g/mol. The number of benzene rings is 1. The van der Waals surface area contributed by atoms with Crippen LogP contribution in [0.3, 0.4) is 0 Å². The van der Waals surface area contributed by atoms with E-state index in [0.717, 1.165) is 11.3 Å². The average Bonchev–Trinajstić information content (AvgIpc) is 2.74. The second-order valence-corrected chi connectivity index (χ2v) is 4.64. The summed E-state index contributed by atoms with van der Waals surface area (Å²) in [7, 11) is 0. The third kappa shape index (κ3) is 1.81. The molecule has 0 unspecified atom stereocenters. The van der Waals surface area contributed by atoms with Gasteiger partial charge in [0.15, 0.2) is 0 Å². The molecule has 19 heavy (non-hydrogen) atoms. The fraction of sp³-hybridized carbons (Fsp3) is 0.0714. The Morgan fingerprint density at radius 1 is 1.32 bits per heavy atom. The zero-order valence-electron chi connectivity index (χ0n) is 10.1. The number of nitrogens with zero attached hydrogens (tertiary/aromatic N) is 1. The fourth-order valence-electron chi connectivity index (χ4n) is 2.35. The molecule has 5 heteroatoms. The second kappa shape index (κ2) is 4.48. The Labute approximate surface area is 115 Å². The van der Waals surface area contributed by atoms with Crippen molar-refractivity contribution in [2.45, 2.75) is 6.54 Å². The lowest BCUT2D eigenvalue weighted by atomic mass is 10.0. The summed E-state index contributed by atoms with van der Waals surface area (Å²) in [5.41, 5.74) is 8.38. The molecule has 96 valence electrons. The minimum absolute atomic E-state index is 0.466. The van der Waals surface area contributed by atoms with Crippen LogP contribution in [0.15, 0.2) is 36.5 Å². The molecule has 0 saturated carbocycles. The molecule has 0 bridgehead atoms. The number of primary amides is 1. The van der Waals surface area contributed by atoms with Gasteiger partial charge in [-0.1, -0.05) is 41.9 Å². The molecule has 0 atom stereocenters. The maximum absolute atomic E-state index is 11.8. The van der Waals surface area contributed by atoms with Gasteiger partial charge in [-0.05, 0) is 5.56 Å². The standard InChI is InChI=1S/C14H12ClN3O/c15-13-11(9-4-2-1-3-5-9)12(14(16)19)10-8-17-6-7-18(10)13/h1-7,17H,8H2,(H2,16,19). The highest BCUT2D eigenvalue weighted by molar-refractivity contribution is 6.34. The first-order valence-corrected chi connectivity index (χ1v) is 6.25. The maximum atomic E-state index is 11.8. The Kier molecular flexibility index (Phi) is 2.80. The first kappa shape index (κ1) is 11.9. The summed E-state index contributed by atoms with van der Waals surface area (Å²) in [5, 5.41) is 3.57. The van der Waals surface area contributed by atoms with Crippen molar-refractivity contribution < 1.29 is 4.79 Å². The van der Waals surface area contributed by atoms with Crippen LogP contribution in [-0.2, 0) is 6.54 Å². The van der Waals surface area contributed by atoms with Crippen molar-refractivity contribution in [2.75, 3.05) is 0 Å². The van der Waals surface area contributed by atoms with E-state index < -0.39 is 5.91 Å². The lowest BCUT2D eigenvalue weighted by Crippen LogP contribution is -2.20. The zero-order chi connectivity index (χ0) is 13.4. The van der Waals surface area contributed by atoms with Crippen molar-refractivity contribution in [3.8, 4) is 11.1 Å². The Balaban J connectivity index is 2.33. The molecule has 0 fully saturated rings. The predicted molar refractivity (Wildman–Crippen MR) is 75.6 cm³/mol. The Morgan fingerprint density at radius 2 is 2.05 bits per heavy atom. The van der Waals surface area contributed by atoms with E-state index >= 15 is 0 Å². The summed E-state index contributed by atoms with van der Waals surface area (Å²) >= 11 is 6.40. The van der Waals surface area contributed by atoms with Gasteiger partial charge in [0.1, 0.15) is 5.15 Å². The van der Waals surface area contributed by atoms with Crippen molar-refractivity contribution in [1.82, 2.24) is 9.88 Å². The number of nitrogens with two attached hydrogens (primary N) is 1. The van der Waals surface area contributed by atoms with Gasteiger partial charge in [-0.15, -0.1) is 0 Å². The van der Waals surface area contributed by atoms with Gasteiger partial charge in [0.2, 0.25) is 0 Å². The molecule has 2 heterocycles. The van der Waals surface area contributed by atoms with Crippen LogP contribution in [0.1, 0.15) is 16.1 Å². The smallest absolute Gasteiger partial charge is 0.251 e. The minimum Gasteiger partial charge on any atom is -0.384 e. The molecule has 1 aromatic carbocycles. The van der Waals surface area contributed by atoms with Crippen LogP contribution in [-0.4, -0.2) is 10.5 Å². The van der Waals surface area contributed by atoms with Gasteiger partial charge < -0.3 is 15.6 Å². The summed E-state index contributed by atoms with van der Waals surface area (Å²) in [4.78, 5) is 11.8. The molecule has 3 N–H and O–H groups in total. The van der Waals surface area contributed by atoms with Crippen LogP contribution in [0.25, 0.3) is 17.3 Å². The molecule has 0 spiro atoms. The van der Waals surface area contributed by atoms with E-state index in [2.05, 4.69) is 5.32 Å². The summed E-state index contributed by atoms with van der Waals surface area (Å²) < 4.78 is 1.79. The van der Waals surface area contributed by atoms with E-state index in [0.29, 0.717) is 22.8 Å². The number of rotatable bonds is 2. The molecule has 0 radical (unpaired) electrons. The number of hydrogen-bond donors (Lipinski definition) is 2. The van der Waals surface area contributed by atoms with Gasteiger partial charge in [-0.25, -0.2) is 0 Å². The Bertz CT molecular complexity index is 674. The van der Waals surface area contributed by atoms with Gasteiger partial charge in [-0.3, -0.25) is 4.79 Å². The van der Waals surface area contributed by atoms with Crippen molar-refractivity contribution in [1.29, 1.82) is 0 Å². The topological polar surface area (TPSA) is 60.1 Å². The number of amides is 1. The fourth-order valence-corrected chi connectivity index (χ4v) is 2.71. The van der Waals surface area contributed by atoms with E-state index in [-0.39, 0.29) is 0 Å². The Hall–Kier alpha value is -2.20. The first-order valence-electron chi connectivity index (χ1n) is 5.88. The molecule has 1 amide bonds. The molecule has 0 aliphatic carbocycles. The molecule has 0 saturated heterocycles. The predicted octanol–water partition coefficient (Wildman–Crippen LogP) is 2.44. The molecule has 4 nitrogen and oxygen atoms in total. The number of nitrogens with one attached hydrogen (secondary N) is 1.